The van der Waals surface area contributed by atoms with Crippen molar-refractivity contribution >= 4 is 34.2 Å². The minimum absolute atomic E-state index is 0.489. The van der Waals surface area contributed by atoms with Crippen LogP contribution in [0.5, 0.6) is 0 Å². The number of hydrogen-bond donors (Lipinski definition) is 1. The van der Waals surface area contributed by atoms with Crippen molar-refractivity contribution in [3.63, 3.8) is 0 Å². The molecule has 0 spiro atoms. The Hall–Kier alpha value is -0.660. The Bertz CT molecular complexity index is 501. The number of halogens is 2. The van der Waals surface area contributed by atoms with Gasteiger partial charge >= 0.3 is 0 Å². The van der Waals surface area contributed by atoms with Gasteiger partial charge in [-0.3, -0.25) is 0 Å². The highest BCUT2D eigenvalue weighted by atomic mass is 127. The van der Waals surface area contributed by atoms with E-state index < -0.39 is 0 Å². The Kier molecular flexibility index (Phi) is 3.78. The molecule has 0 unspecified atom stereocenters. The van der Waals surface area contributed by atoms with Gasteiger partial charge in [0.25, 0.3) is 0 Å². The standard InChI is InChI=1S/C10H9ClIN3O/c1-13-5-9-14-15-10(16-9)6-2-3-8(12)7(11)4-6/h2-4,13H,5H2,1H3. The third-order valence-electron chi connectivity index (χ3n) is 1.96. The second-order valence-corrected chi connectivity index (χ2v) is 4.73. The molecule has 0 aliphatic carbocycles. The summed E-state index contributed by atoms with van der Waals surface area (Å²) in [5.41, 5.74) is 0.834. The number of nitrogens with zero attached hydrogens (tertiary/aromatic N) is 2. The monoisotopic (exact) mass is 349 g/mol. The fraction of sp³-hybridized carbons (Fsp3) is 0.200. The van der Waals surface area contributed by atoms with Crippen LogP contribution in [0.4, 0.5) is 0 Å². The molecule has 0 radical (unpaired) electrons. The summed E-state index contributed by atoms with van der Waals surface area (Å²) in [7, 11) is 1.83. The first-order chi connectivity index (χ1) is 7.70. The molecule has 1 N–H and O–H groups in total. The Morgan fingerprint density at radius 3 is 2.94 bits per heavy atom. The summed E-state index contributed by atoms with van der Waals surface area (Å²) in [5, 5.41) is 11.5. The minimum Gasteiger partial charge on any atom is -0.419 e. The van der Waals surface area contributed by atoms with Crippen LogP contribution in [0.15, 0.2) is 22.6 Å². The van der Waals surface area contributed by atoms with Gasteiger partial charge in [-0.25, -0.2) is 0 Å². The number of aromatic nitrogens is 2. The van der Waals surface area contributed by atoms with Gasteiger partial charge in [-0.2, -0.15) is 0 Å². The molecule has 0 aliphatic heterocycles. The maximum Gasteiger partial charge on any atom is 0.247 e. The van der Waals surface area contributed by atoms with Crippen LogP contribution >= 0.6 is 34.2 Å². The van der Waals surface area contributed by atoms with E-state index >= 15 is 0 Å². The van der Waals surface area contributed by atoms with Crippen LogP contribution in [0.2, 0.25) is 5.02 Å². The number of nitrogens with one attached hydrogen (secondary N) is 1. The van der Waals surface area contributed by atoms with Crippen LogP contribution in [0.3, 0.4) is 0 Å². The topological polar surface area (TPSA) is 51.0 Å². The summed E-state index contributed by atoms with van der Waals surface area (Å²) in [4.78, 5) is 0. The van der Waals surface area contributed by atoms with E-state index in [0.29, 0.717) is 23.3 Å². The SMILES string of the molecule is CNCc1nnc(-c2ccc(I)c(Cl)c2)o1. The molecule has 2 aromatic rings. The lowest BCUT2D eigenvalue weighted by atomic mass is 10.2. The molecule has 0 bridgehead atoms. The number of benzene rings is 1. The van der Waals surface area contributed by atoms with Gasteiger partial charge in [0.2, 0.25) is 11.8 Å². The predicted octanol–water partition coefficient (Wildman–Crippen LogP) is 2.71. The second-order valence-electron chi connectivity index (χ2n) is 3.16. The van der Waals surface area contributed by atoms with E-state index in [1.165, 1.54) is 0 Å². The maximum atomic E-state index is 6.02. The van der Waals surface area contributed by atoms with Crippen LogP contribution in [-0.2, 0) is 6.54 Å². The lowest BCUT2D eigenvalue weighted by Crippen LogP contribution is -2.04. The van der Waals surface area contributed by atoms with Crippen molar-refractivity contribution in [2.24, 2.45) is 0 Å². The molecular formula is C10H9ClIN3O. The van der Waals surface area contributed by atoms with Crippen LogP contribution in [0, 0.1) is 3.57 Å². The molecular weight excluding hydrogens is 340 g/mol. The van der Waals surface area contributed by atoms with E-state index in [9.17, 15) is 0 Å². The zero-order valence-electron chi connectivity index (χ0n) is 8.50. The third kappa shape index (κ3) is 2.53. The smallest absolute Gasteiger partial charge is 0.247 e. The average Bonchev–Trinajstić information content (AvgIpc) is 2.71. The van der Waals surface area contributed by atoms with E-state index in [1.807, 2.05) is 25.2 Å². The molecule has 1 aromatic heterocycles. The van der Waals surface area contributed by atoms with E-state index in [2.05, 4.69) is 38.1 Å². The van der Waals surface area contributed by atoms with Crippen LogP contribution in [-0.4, -0.2) is 17.2 Å². The molecule has 0 amide bonds. The Morgan fingerprint density at radius 2 is 2.25 bits per heavy atom. The van der Waals surface area contributed by atoms with Gasteiger partial charge in [-0.05, 0) is 47.8 Å². The molecule has 0 saturated carbocycles. The summed E-state index contributed by atoms with van der Waals surface area (Å²) in [6.45, 7) is 0.561. The summed E-state index contributed by atoms with van der Waals surface area (Å²) in [5.74, 6) is 1.05. The lowest BCUT2D eigenvalue weighted by molar-refractivity contribution is 0.490. The van der Waals surface area contributed by atoms with Crippen molar-refractivity contribution in [3.8, 4) is 11.5 Å². The van der Waals surface area contributed by atoms with Crippen LogP contribution in [0.1, 0.15) is 5.89 Å². The molecule has 0 fully saturated rings. The van der Waals surface area contributed by atoms with Gasteiger partial charge in [-0.1, -0.05) is 11.6 Å². The fourth-order valence-electron chi connectivity index (χ4n) is 1.22. The van der Waals surface area contributed by atoms with Crippen molar-refractivity contribution in [3.05, 3.63) is 32.7 Å². The maximum absolute atomic E-state index is 6.02. The van der Waals surface area contributed by atoms with Crippen LogP contribution < -0.4 is 5.32 Å². The first-order valence-electron chi connectivity index (χ1n) is 4.63. The molecule has 6 heteroatoms. The molecule has 2 rings (SSSR count). The van der Waals surface area contributed by atoms with Gasteiger partial charge in [0, 0.05) is 9.13 Å². The molecule has 0 saturated heterocycles. The van der Waals surface area contributed by atoms with Gasteiger partial charge in [0.1, 0.15) is 0 Å². The first kappa shape index (κ1) is 11.8. The molecule has 16 heavy (non-hydrogen) atoms. The van der Waals surface area contributed by atoms with E-state index in [0.717, 1.165) is 9.13 Å². The first-order valence-corrected chi connectivity index (χ1v) is 6.09. The van der Waals surface area contributed by atoms with E-state index in [4.69, 9.17) is 16.0 Å². The van der Waals surface area contributed by atoms with Gasteiger partial charge in [-0.15, -0.1) is 10.2 Å². The lowest BCUT2D eigenvalue weighted by Gasteiger charge is -1.98. The zero-order valence-corrected chi connectivity index (χ0v) is 11.4. The average molecular weight is 350 g/mol. The Balaban J connectivity index is 2.31. The largest absolute Gasteiger partial charge is 0.419 e. The normalized spacial score (nSPS) is 10.7. The van der Waals surface area contributed by atoms with Crippen molar-refractivity contribution in [2.75, 3.05) is 7.05 Å². The highest BCUT2D eigenvalue weighted by Crippen LogP contribution is 2.25. The van der Waals surface area contributed by atoms with Gasteiger partial charge < -0.3 is 9.73 Å². The molecule has 4 nitrogen and oxygen atoms in total. The van der Waals surface area contributed by atoms with E-state index in [-0.39, 0.29) is 0 Å². The summed E-state index contributed by atoms with van der Waals surface area (Å²) in [6.07, 6.45) is 0. The Labute approximate surface area is 112 Å². The molecule has 0 aliphatic rings. The quantitative estimate of drug-likeness (QED) is 0.866. The summed E-state index contributed by atoms with van der Waals surface area (Å²) >= 11 is 8.19. The molecule has 1 aromatic carbocycles. The van der Waals surface area contributed by atoms with E-state index in [1.54, 1.807) is 0 Å². The zero-order chi connectivity index (χ0) is 11.5. The van der Waals surface area contributed by atoms with Gasteiger partial charge in [0.05, 0.1) is 11.6 Å². The highest BCUT2D eigenvalue weighted by Gasteiger charge is 2.09. The predicted molar refractivity (Wildman–Crippen MR) is 70.2 cm³/mol. The molecule has 84 valence electrons. The van der Waals surface area contributed by atoms with Crippen molar-refractivity contribution < 1.29 is 4.42 Å². The summed E-state index contributed by atoms with van der Waals surface area (Å²) < 4.78 is 6.46. The van der Waals surface area contributed by atoms with Crippen molar-refractivity contribution in [1.29, 1.82) is 0 Å². The third-order valence-corrected chi connectivity index (χ3v) is 3.53. The number of hydrogen-bond acceptors (Lipinski definition) is 4. The second kappa shape index (κ2) is 5.11. The van der Waals surface area contributed by atoms with Gasteiger partial charge in [0.15, 0.2) is 0 Å². The van der Waals surface area contributed by atoms with Crippen molar-refractivity contribution in [2.45, 2.75) is 6.54 Å². The van der Waals surface area contributed by atoms with Crippen molar-refractivity contribution in [1.82, 2.24) is 15.5 Å². The fourth-order valence-corrected chi connectivity index (χ4v) is 1.74. The highest BCUT2D eigenvalue weighted by molar-refractivity contribution is 14.1. The summed E-state index contributed by atoms with van der Waals surface area (Å²) in [6, 6.07) is 5.64. The Morgan fingerprint density at radius 1 is 1.44 bits per heavy atom. The molecule has 0 atom stereocenters. The number of rotatable bonds is 3. The van der Waals surface area contributed by atoms with Crippen LogP contribution in [0.25, 0.3) is 11.5 Å². The molecule has 1 heterocycles. The minimum atomic E-state index is 0.489.